The van der Waals surface area contributed by atoms with E-state index in [4.69, 9.17) is 4.74 Å². The van der Waals surface area contributed by atoms with Gasteiger partial charge in [0, 0.05) is 62.7 Å². The molecule has 0 saturated carbocycles. The molecule has 1 aliphatic heterocycles. The Morgan fingerprint density at radius 3 is 2.59 bits per heavy atom. The number of hydrogen-bond donors (Lipinski definition) is 2. The number of pyridine rings is 1. The summed E-state index contributed by atoms with van der Waals surface area (Å²) in [6, 6.07) is 11.0. The van der Waals surface area contributed by atoms with Crippen molar-refractivity contribution in [2.75, 3.05) is 18.4 Å². The molecular weight excluding hydrogens is 406 g/mol. The number of nitrogens with one attached hydrogen (secondary N) is 2. The molecule has 0 aliphatic carbocycles. The summed E-state index contributed by atoms with van der Waals surface area (Å²) in [5, 5.41) is 5.69. The number of anilines is 1. The van der Waals surface area contributed by atoms with Crippen LogP contribution in [-0.2, 0) is 11.3 Å². The van der Waals surface area contributed by atoms with Gasteiger partial charge in [-0.15, -0.1) is 0 Å². The lowest BCUT2D eigenvalue weighted by atomic mass is 10.1. The van der Waals surface area contributed by atoms with Crippen LogP contribution in [0.15, 0.2) is 55.0 Å². The fourth-order valence-corrected chi connectivity index (χ4v) is 3.79. The Morgan fingerprint density at radius 2 is 1.88 bits per heavy atom. The van der Waals surface area contributed by atoms with Crippen molar-refractivity contribution in [3.05, 3.63) is 60.6 Å². The van der Waals surface area contributed by atoms with E-state index >= 15 is 0 Å². The standard InChI is InChI=1S/C24H29N5O3/c1-17(2)23(30)29-12-8-21(9-13-29)32-20-5-3-19(4-6-20)27-24(31)26-16-18-7-11-28-14-10-25-22(28)15-18/h3-7,10-11,14-15,17,21H,8-9,12-13,16H2,1-2H3,(H2,26,27,31). The molecule has 8 heteroatoms. The summed E-state index contributed by atoms with van der Waals surface area (Å²) in [5.74, 6) is 1.00. The molecule has 0 spiro atoms. The summed E-state index contributed by atoms with van der Waals surface area (Å²) in [4.78, 5) is 30.5. The van der Waals surface area contributed by atoms with Gasteiger partial charge in [-0.05, 0) is 42.0 Å². The molecule has 0 radical (unpaired) electrons. The predicted octanol–water partition coefficient (Wildman–Crippen LogP) is 3.68. The number of piperidine rings is 1. The van der Waals surface area contributed by atoms with Gasteiger partial charge in [0.1, 0.15) is 17.5 Å². The Bertz CT molecular complexity index is 1070. The second-order valence-electron chi connectivity index (χ2n) is 8.36. The van der Waals surface area contributed by atoms with Gasteiger partial charge in [0.2, 0.25) is 5.91 Å². The molecule has 1 saturated heterocycles. The van der Waals surface area contributed by atoms with E-state index in [-0.39, 0.29) is 24.0 Å². The van der Waals surface area contributed by atoms with Gasteiger partial charge in [0.05, 0.1) is 0 Å². The maximum atomic E-state index is 12.2. The number of carbonyl (C=O) groups is 2. The first-order chi connectivity index (χ1) is 15.5. The molecule has 2 N–H and O–H groups in total. The molecule has 3 amide bonds. The minimum Gasteiger partial charge on any atom is -0.490 e. The molecule has 8 nitrogen and oxygen atoms in total. The summed E-state index contributed by atoms with van der Waals surface area (Å²) >= 11 is 0. The maximum absolute atomic E-state index is 12.2. The predicted molar refractivity (Wildman–Crippen MR) is 123 cm³/mol. The van der Waals surface area contributed by atoms with Crippen LogP contribution in [0, 0.1) is 5.92 Å². The third-order valence-corrected chi connectivity index (χ3v) is 5.58. The summed E-state index contributed by atoms with van der Waals surface area (Å²) in [7, 11) is 0. The number of benzene rings is 1. The average molecular weight is 436 g/mol. The second kappa shape index (κ2) is 9.72. The molecule has 0 unspecified atom stereocenters. The zero-order valence-corrected chi connectivity index (χ0v) is 18.5. The quantitative estimate of drug-likeness (QED) is 0.618. The number of urea groups is 1. The minimum atomic E-state index is -0.274. The molecule has 3 aromatic rings. The highest BCUT2D eigenvalue weighted by Gasteiger charge is 2.25. The number of hydrogen-bond acceptors (Lipinski definition) is 4. The van der Waals surface area contributed by atoms with Crippen molar-refractivity contribution in [3.63, 3.8) is 0 Å². The van der Waals surface area contributed by atoms with Crippen LogP contribution in [-0.4, -0.2) is 45.4 Å². The lowest BCUT2D eigenvalue weighted by Gasteiger charge is -2.33. The van der Waals surface area contributed by atoms with E-state index in [1.807, 2.05) is 71.9 Å². The van der Waals surface area contributed by atoms with Crippen LogP contribution < -0.4 is 15.4 Å². The zero-order chi connectivity index (χ0) is 22.5. The van der Waals surface area contributed by atoms with Crippen LogP contribution in [0.5, 0.6) is 5.75 Å². The Labute approximate surface area is 187 Å². The number of amides is 3. The monoisotopic (exact) mass is 435 g/mol. The molecule has 32 heavy (non-hydrogen) atoms. The molecular formula is C24H29N5O3. The molecule has 1 aliphatic rings. The van der Waals surface area contributed by atoms with E-state index in [0.717, 1.165) is 42.9 Å². The number of fused-ring (bicyclic) bond motifs is 1. The third-order valence-electron chi connectivity index (χ3n) is 5.58. The zero-order valence-electron chi connectivity index (χ0n) is 18.5. The van der Waals surface area contributed by atoms with Crippen molar-refractivity contribution in [2.45, 2.75) is 39.3 Å². The van der Waals surface area contributed by atoms with Crippen LogP contribution in [0.1, 0.15) is 32.3 Å². The normalized spacial score (nSPS) is 14.5. The van der Waals surface area contributed by atoms with E-state index in [0.29, 0.717) is 12.2 Å². The van der Waals surface area contributed by atoms with Gasteiger partial charge in [-0.1, -0.05) is 13.8 Å². The van der Waals surface area contributed by atoms with Gasteiger partial charge in [0.25, 0.3) is 0 Å². The fraction of sp³-hybridized carbons (Fsp3) is 0.375. The SMILES string of the molecule is CC(C)C(=O)N1CCC(Oc2ccc(NC(=O)NCc3ccn4ccnc4c3)cc2)CC1. The van der Waals surface area contributed by atoms with Gasteiger partial charge in [-0.2, -0.15) is 0 Å². The highest BCUT2D eigenvalue weighted by molar-refractivity contribution is 5.89. The third kappa shape index (κ3) is 5.38. The van der Waals surface area contributed by atoms with Crippen molar-refractivity contribution in [1.29, 1.82) is 0 Å². The van der Waals surface area contributed by atoms with E-state index in [2.05, 4.69) is 15.6 Å². The van der Waals surface area contributed by atoms with Crippen LogP contribution >= 0.6 is 0 Å². The molecule has 168 valence electrons. The molecule has 0 bridgehead atoms. The van der Waals surface area contributed by atoms with Crippen molar-refractivity contribution in [3.8, 4) is 5.75 Å². The van der Waals surface area contributed by atoms with Crippen molar-refractivity contribution in [1.82, 2.24) is 19.6 Å². The smallest absolute Gasteiger partial charge is 0.319 e. The molecule has 4 rings (SSSR count). The molecule has 1 aromatic carbocycles. The topological polar surface area (TPSA) is 88.0 Å². The number of carbonyl (C=O) groups excluding carboxylic acids is 2. The van der Waals surface area contributed by atoms with Gasteiger partial charge in [0.15, 0.2) is 0 Å². The first-order valence-electron chi connectivity index (χ1n) is 11.0. The van der Waals surface area contributed by atoms with Crippen LogP contribution in [0.25, 0.3) is 5.65 Å². The Kier molecular flexibility index (Phi) is 6.58. The number of ether oxygens (including phenoxy) is 1. The van der Waals surface area contributed by atoms with Crippen LogP contribution in [0.2, 0.25) is 0 Å². The van der Waals surface area contributed by atoms with Crippen LogP contribution in [0.3, 0.4) is 0 Å². The first-order valence-corrected chi connectivity index (χ1v) is 11.0. The number of likely N-dealkylation sites (tertiary alicyclic amines) is 1. The Balaban J connectivity index is 1.22. The van der Waals surface area contributed by atoms with E-state index < -0.39 is 0 Å². The summed E-state index contributed by atoms with van der Waals surface area (Å²) in [5.41, 5.74) is 2.51. The highest BCUT2D eigenvalue weighted by atomic mass is 16.5. The van der Waals surface area contributed by atoms with Gasteiger partial charge in [-0.3, -0.25) is 4.79 Å². The van der Waals surface area contributed by atoms with E-state index in [1.165, 1.54) is 0 Å². The second-order valence-corrected chi connectivity index (χ2v) is 8.36. The number of nitrogens with zero attached hydrogens (tertiary/aromatic N) is 3. The molecule has 3 heterocycles. The maximum Gasteiger partial charge on any atom is 0.319 e. The summed E-state index contributed by atoms with van der Waals surface area (Å²) in [6.45, 7) is 5.74. The lowest BCUT2D eigenvalue weighted by molar-refractivity contribution is -0.136. The van der Waals surface area contributed by atoms with E-state index in [9.17, 15) is 9.59 Å². The summed E-state index contributed by atoms with van der Waals surface area (Å²) < 4.78 is 7.98. The molecule has 0 atom stereocenters. The number of aromatic nitrogens is 2. The van der Waals surface area contributed by atoms with Crippen molar-refractivity contribution >= 4 is 23.3 Å². The van der Waals surface area contributed by atoms with Crippen molar-refractivity contribution < 1.29 is 14.3 Å². The number of imidazole rings is 1. The fourth-order valence-electron chi connectivity index (χ4n) is 3.79. The number of rotatable bonds is 6. The minimum absolute atomic E-state index is 0.0323. The van der Waals surface area contributed by atoms with Crippen LogP contribution in [0.4, 0.5) is 10.5 Å². The molecule has 2 aromatic heterocycles. The Hall–Kier alpha value is -3.55. The molecule has 1 fully saturated rings. The highest BCUT2D eigenvalue weighted by Crippen LogP contribution is 2.22. The summed E-state index contributed by atoms with van der Waals surface area (Å²) in [6.07, 6.45) is 7.28. The first kappa shape index (κ1) is 21.7. The van der Waals surface area contributed by atoms with Gasteiger partial charge in [-0.25, -0.2) is 9.78 Å². The largest absolute Gasteiger partial charge is 0.490 e. The van der Waals surface area contributed by atoms with E-state index in [1.54, 1.807) is 6.20 Å². The van der Waals surface area contributed by atoms with Gasteiger partial charge < -0.3 is 24.7 Å². The average Bonchev–Trinajstić information content (AvgIpc) is 3.27. The Morgan fingerprint density at radius 1 is 1.12 bits per heavy atom. The lowest BCUT2D eigenvalue weighted by Crippen LogP contribution is -2.43. The van der Waals surface area contributed by atoms with Crippen molar-refractivity contribution in [2.24, 2.45) is 5.92 Å². The van der Waals surface area contributed by atoms with Gasteiger partial charge >= 0.3 is 6.03 Å².